The van der Waals surface area contributed by atoms with Crippen LogP contribution in [0.1, 0.15) is 11.6 Å². The molecule has 3 aromatic carbocycles. The highest BCUT2D eigenvalue weighted by atomic mass is 32.2. The molecule has 1 aliphatic heterocycles. The lowest BCUT2D eigenvalue weighted by molar-refractivity contribution is -0.117. The maximum absolute atomic E-state index is 13.3. The van der Waals surface area contributed by atoms with Gasteiger partial charge in [-0.2, -0.15) is 0 Å². The van der Waals surface area contributed by atoms with Crippen molar-refractivity contribution < 1.29 is 13.9 Å². The van der Waals surface area contributed by atoms with E-state index in [4.69, 9.17) is 9.15 Å². The molecule has 5 nitrogen and oxygen atoms in total. The summed E-state index contributed by atoms with van der Waals surface area (Å²) in [5, 5.41) is 0.498. The van der Waals surface area contributed by atoms with Crippen molar-refractivity contribution in [2.75, 3.05) is 17.3 Å². The van der Waals surface area contributed by atoms with E-state index in [0.29, 0.717) is 11.8 Å². The zero-order valence-corrected chi connectivity index (χ0v) is 16.3. The van der Waals surface area contributed by atoms with Crippen LogP contribution in [0.2, 0.25) is 0 Å². The van der Waals surface area contributed by atoms with Gasteiger partial charge in [-0.15, -0.1) is 0 Å². The zero-order chi connectivity index (χ0) is 19.6. The van der Waals surface area contributed by atoms with Gasteiger partial charge in [0.1, 0.15) is 17.9 Å². The molecule has 0 fully saturated rings. The van der Waals surface area contributed by atoms with Gasteiger partial charge in [-0.3, -0.25) is 9.69 Å². The highest BCUT2D eigenvalue weighted by Gasteiger charge is 2.33. The van der Waals surface area contributed by atoms with Crippen molar-refractivity contribution in [2.24, 2.45) is 0 Å². The summed E-state index contributed by atoms with van der Waals surface area (Å²) in [5.74, 6) is 0.937. The lowest BCUT2D eigenvalue weighted by atomic mass is 10.0. The second kappa shape index (κ2) is 7.64. The highest BCUT2D eigenvalue weighted by molar-refractivity contribution is 7.99. The predicted octanol–water partition coefficient (Wildman–Crippen LogP) is 5.09. The quantitative estimate of drug-likeness (QED) is 0.445. The van der Waals surface area contributed by atoms with E-state index in [9.17, 15) is 4.79 Å². The van der Waals surface area contributed by atoms with E-state index in [1.54, 1.807) is 0 Å². The van der Waals surface area contributed by atoms with Crippen LogP contribution in [0.25, 0.3) is 11.1 Å². The number of oxazole rings is 1. The fourth-order valence-electron chi connectivity index (χ4n) is 3.52. The number of fused-ring (bicyclic) bond motifs is 2. The van der Waals surface area contributed by atoms with Crippen LogP contribution in [-0.4, -0.2) is 23.3 Å². The summed E-state index contributed by atoms with van der Waals surface area (Å²) < 4.78 is 11.7. The minimum absolute atomic E-state index is 0.0122. The Morgan fingerprint density at radius 3 is 2.62 bits per heavy atom. The molecule has 1 atom stereocenters. The number of thioether (sulfide) groups is 1. The average Bonchev–Trinajstić information content (AvgIpc) is 3.20. The molecule has 0 saturated heterocycles. The third-order valence-electron chi connectivity index (χ3n) is 4.88. The fourth-order valence-corrected chi connectivity index (χ4v) is 4.22. The molecule has 5 rings (SSSR count). The smallest absolute Gasteiger partial charge is 0.257 e. The summed E-state index contributed by atoms with van der Waals surface area (Å²) in [6.45, 7) is 0.417. The third kappa shape index (κ3) is 3.47. The minimum atomic E-state index is -0.178. The number of carbonyl (C=O) groups excluding carboxylic acids is 1. The number of amides is 1. The first-order valence-electron chi connectivity index (χ1n) is 9.37. The normalized spacial score (nSPS) is 15.7. The van der Waals surface area contributed by atoms with Crippen molar-refractivity contribution in [3.8, 4) is 5.75 Å². The highest BCUT2D eigenvalue weighted by Crippen LogP contribution is 2.39. The third-order valence-corrected chi connectivity index (χ3v) is 5.69. The van der Waals surface area contributed by atoms with Gasteiger partial charge in [0.05, 0.1) is 17.5 Å². The fraction of sp³-hybridized carbons (Fsp3) is 0.130. The van der Waals surface area contributed by atoms with Gasteiger partial charge in [0.2, 0.25) is 5.91 Å². The van der Waals surface area contributed by atoms with Crippen LogP contribution in [0.4, 0.5) is 5.69 Å². The molecule has 1 amide bonds. The lowest BCUT2D eigenvalue weighted by Crippen LogP contribution is -2.42. The second-order valence-corrected chi connectivity index (χ2v) is 7.63. The van der Waals surface area contributed by atoms with E-state index in [-0.39, 0.29) is 17.7 Å². The van der Waals surface area contributed by atoms with Crippen molar-refractivity contribution in [2.45, 2.75) is 11.3 Å². The molecule has 0 N–H and O–H groups in total. The number of para-hydroxylation sites is 4. The van der Waals surface area contributed by atoms with E-state index >= 15 is 0 Å². The molecule has 4 aromatic rings. The van der Waals surface area contributed by atoms with Crippen LogP contribution in [0.3, 0.4) is 0 Å². The Bertz CT molecular complexity index is 1130. The van der Waals surface area contributed by atoms with Gasteiger partial charge < -0.3 is 9.15 Å². The molecule has 0 spiro atoms. The Morgan fingerprint density at radius 2 is 1.76 bits per heavy atom. The topological polar surface area (TPSA) is 55.6 Å². The number of anilines is 1. The Balaban J connectivity index is 1.42. The lowest BCUT2D eigenvalue weighted by Gasteiger charge is -2.37. The summed E-state index contributed by atoms with van der Waals surface area (Å²) in [7, 11) is 0. The van der Waals surface area contributed by atoms with Crippen LogP contribution < -0.4 is 9.64 Å². The summed E-state index contributed by atoms with van der Waals surface area (Å²) in [6, 6.07) is 25.0. The Hall–Kier alpha value is -3.25. The molecule has 0 bridgehead atoms. The number of benzene rings is 3. The van der Waals surface area contributed by atoms with Gasteiger partial charge in [0.25, 0.3) is 5.22 Å². The summed E-state index contributed by atoms with van der Waals surface area (Å²) >= 11 is 1.31. The first-order chi connectivity index (χ1) is 14.3. The van der Waals surface area contributed by atoms with Crippen molar-refractivity contribution >= 4 is 34.5 Å². The molecule has 1 aliphatic rings. The van der Waals surface area contributed by atoms with Crippen LogP contribution in [0, 0.1) is 0 Å². The number of hydrogen-bond donors (Lipinski definition) is 0. The molecule has 0 radical (unpaired) electrons. The second-order valence-electron chi connectivity index (χ2n) is 6.71. The van der Waals surface area contributed by atoms with Crippen LogP contribution >= 0.6 is 11.8 Å². The van der Waals surface area contributed by atoms with Gasteiger partial charge in [-0.05, 0) is 29.8 Å². The van der Waals surface area contributed by atoms with Crippen molar-refractivity contribution in [3.05, 3.63) is 84.4 Å². The predicted molar refractivity (Wildman–Crippen MR) is 113 cm³/mol. The molecule has 29 heavy (non-hydrogen) atoms. The number of nitrogens with zero attached hydrogens (tertiary/aromatic N) is 2. The van der Waals surface area contributed by atoms with Crippen LogP contribution in [0.15, 0.2) is 88.5 Å². The van der Waals surface area contributed by atoms with Gasteiger partial charge in [0.15, 0.2) is 5.58 Å². The van der Waals surface area contributed by atoms with E-state index in [2.05, 4.69) is 4.98 Å². The number of hydrogen-bond acceptors (Lipinski definition) is 5. The van der Waals surface area contributed by atoms with Crippen LogP contribution in [0.5, 0.6) is 5.75 Å². The van der Waals surface area contributed by atoms with Crippen molar-refractivity contribution in [3.63, 3.8) is 0 Å². The van der Waals surface area contributed by atoms with Crippen LogP contribution in [-0.2, 0) is 4.79 Å². The van der Waals surface area contributed by atoms with Gasteiger partial charge in [0, 0.05) is 0 Å². The van der Waals surface area contributed by atoms with Crippen molar-refractivity contribution in [1.82, 2.24) is 4.98 Å². The van der Waals surface area contributed by atoms with E-state index in [1.165, 1.54) is 11.8 Å². The molecule has 0 saturated carbocycles. The van der Waals surface area contributed by atoms with E-state index in [1.807, 2.05) is 83.8 Å². The Morgan fingerprint density at radius 1 is 1.00 bits per heavy atom. The van der Waals surface area contributed by atoms with Gasteiger partial charge >= 0.3 is 0 Å². The number of carbonyl (C=O) groups is 1. The first-order valence-corrected chi connectivity index (χ1v) is 10.4. The monoisotopic (exact) mass is 402 g/mol. The summed E-state index contributed by atoms with van der Waals surface area (Å²) in [6.07, 6.45) is 0. The number of rotatable bonds is 4. The summed E-state index contributed by atoms with van der Waals surface area (Å²) in [4.78, 5) is 19.6. The largest absolute Gasteiger partial charge is 0.489 e. The number of aromatic nitrogens is 1. The first kappa shape index (κ1) is 17.8. The van der Waals surface area contributed by atoms with Gasteiger partial charge in [-0.1, -0.05) is 66.4 Å². The maximum atomic E-state index is 13.3. The summed E-state index contributed by atoms with van der Waals surface area (Å²) in [5.41, 5.74) is 3.35. The molecule has 1 unspecified atom stereocenters. The average molecular weight is 402 g/mol. The molecule has 0 aliphatic carbocycles. The SMILES string of the molecule is O=C(CSc1nc2ccccc2o1)N1c2ccccc2OCC1c1ccccc1. The zero-order valence-electron chi connectivity index (χ0n) is 15.5. The van der Waals surface area contributed by atoms with E-state index < -0.39 is 0 Å². The minimum Gasteiger partial charge on any atom is -0.489 e. The van der Waals surface area contributed by atoms with Crippen molar-refractivity contribution in [1.29, 1.82) is 0 Å². The standard InChI is InChI=1S/C23H18N2O3S/c26-22(15-29-23-24-17-10-4-6-12-20(17)28-23)25-18-11-5-7-13-21(18)27-14-19(25)16-8-2-1-3-9-16/h1-13,19H,14-15H2. The molecule has 2 heterocycles. The van der Waals surface area contributed by atoms with E-state index in [0.717, 1.165) is 28.1 Å². The molecule has 1 aromatic heterocycles. The Kier molecular flexibility index (Phi) is 4.69. The maximum Gasteiger partial charge on any atom is 0.257 e. The molecule has 6 heteroatoms. The molecular weight excluding hydrogens is 384 g/mol. The number of ether oxygens (including phenoxy) is 1. The van der Waals surface area contributed by atoms with Gasteiger partial charge in [-0.25, -0.2) is 4.98 Å². The Labute approximate surface area is 172 Å². The molecule has 144 valence electrons. The molecular formula is C23H18N2O3S.